The Balaban J connectivity index is 1.90. The molecule has 2 heterocycles. The maximum Gasteiger partial charge on any atom is 0.0274 e. The number of nitrogens with zero attached hydrogens (tertiary/aromatic N) is 2. The van der Waals surface area contributed by atoms with Gasteiger partial charge in [-0.3, -0.25) is 4.90 Å². The van der Waals surface area contributed by atoms with Crippen molar-refractivity contribution in [2.24, 2.45) is 5.73 Å². The van der Waals surface area contributed by atoms with E-state index in [1.165, 1.54) is 47.8 Å². The lowest BCUT2D eigenvalue weighted by Crippen LogP contribution is -2.42. The molecule has 1 saturated heterocycles. The van der Waals surface area contributed by atoms with Gasteiger partial charge in [-0.15, -0.1) is 11.3 Å². The summed E-state index contributed by atoms with van der Waals surface area (Å²) < 4.78 is 0. The molecule has 0 amide bonds. The molecule has 1 aliphatic rings. The third-order valence-corrected chi connectivity index (χ3v) is 5.44. The van der Waals surface area contributed by atoms with Crippen LogP contribution in [0, 0.1) is 6.92 Å². The summed E-state index contributed by atoms with van der Waals surface area (Å²) in [5, 5.41) is 0. The molecule has 108 valence electrons. The molecule has 0 saturated carbocycles. The van der Waals surface area contributed by atoms with E-state index in [0.717, 1.165) is 12.6 Å². The standard InChI is InChI=1S/C15H27N3S/c1-4-18-7-5-14(6-8-18)17(3)11-13-9-15(10-16)19-12(13)2/h9,14H,4-8,10-11,16H2,1-3H3. The highest BCUT2D eigenvalue weighted by molar-refractivity contribution is 7.12. The molecule has 0 aromatic carbocycles. The summed E-state index contributed by atoms with van der Waals surface area (Å²) in [6.45, 7) is 9.91. The van der Waals surface area contributed by atoms with Crippen molar-refractivity contribution in [2.75, 3.05) is 26.7 Å². The lowest BCUT2D eigenvalue weighted by molar-refractivity contribution is 0.127. The average Bonchev–Trinajstić information content (AvgIpc) is 2.79. The van der Waals surface area contributed by atoms with Crippen LogP contribution in [-0.2, 0) is 13.1 Å². The molecule has 0 bridgehead atoms. The third kappa shape index (κ3) is 3.78. The minimum atomic E-state index is 0.671. The fourth-order valence-corrected chi connectivity index (χ4v) is 3.85. The predicted octanol–water partition coefficient (Wildman–Crippen LogP) is 2.43. The van der Waals surface area contributed by atoms with Crippen molar-refractivity contribution in [1.82, 2.24) is 9.80 Å². The topological polar surface area (TPSA) is 32.5 Å². The van der Waals surface area contributed by atoms with Gasteiger partial charge in [0.2, 0.25) is 0 Å². The number of aryl methyl sites for hydroxylation is 1. The van der Waals surface area contributed by atoms with Gasteiger partial charge in [-0.25, -0.2) is 0 Å². The van der Waals surface area contributed by atoms with Gasteiger partial charge in [0.25, 0.3) is 0 Å². The summed E-state index contributed by atoms with van der Waals surface area (Å²) in [6.07, 6.45) is 2.61. The molecule has 1 aromatic heterocycles. The SMILES string of the molecule is CCN1CCC(N(C)Cc2cc(CN)sc2C)CC1. The van der Waals surface area contributed by atoms with Gasteiger partial charge < -0.3 is 10.6 Å². The molecule has 0 radical (unpaired) electrons. The van der Waals surface area contributed by atoms with E-state index >= 15 is 0 Å². The van der Waals surface area contributed by atoms with Crippen molar-refractivity contribution in [2.45, 2.75) is 45.8 Å². The normalized spacial score (nSPS) is 18.4. The molecule has 2 N–H and O–H groups in total. The number of piperidine rings is 1. The van der Waals surface area contributed by atoms with Crippen molar-refractivity contribution in [3.8, 4) is 0 Å². The van der Waals surface area contributed by atoms with Crippen LogP contribution < -0.4 is 5.73 Å². The van der Waals surface area contributed by atoms with Crippen LogP contribution in [0.5, 0.6) is 0 Å². The van der Waals surface area contributed by atoms with Gasteiger partial charge in [0.15, 0.2) is 0 Å². The van der Waals surface area contributed by atoms with E-state index in [2.05, 4.69) is 36.8 Å². The maximum absolute atomic E-state index is 5.73. The molecule has 2 rings (SSSR count). The fraction of sp³-hybridized carbons (Fsp3) is 0.733. The van der Waals surface area contributed by atoms with E-state index in [9.17, 15) is 0 Å². The van der Waals surface area contributed by atoms with Crippen molar-refractivity contribution >= 4 is 11.3 Å². The van der Waals surface area contributed by atoms with Crippen molar-refractivity contribution in [1.29, 1.82) is 0 Å². The minimum Gasteiger partial charge on any atom is -0.326 e. The van der Waals surface area contributed by atoms with Crippen LogP contribution in [0.3, 0.4) is 0 Å². The van der Waals surface area contributed by atoms with Gasteiger partial charge >= 0.3 is 0 Å². The second-order valence-corrected chi connectivity index (χ2v) is 6.92. The number of thiophene rings is 1. The summed E-state index contributed by atoms with van der Waals surface area (Å²) in [5.41, 5.74) is 7.19. The fourth-order valence-electron chi connectivity index (χ4n) is 2.92. The Hall–Kier alpha value is -0.420. The number of hydrogen-bond acceptors (Lipinski definition) is 4. The monoisotopic (exact) mass is 281 g/mol. The van der Waals surface area contributed by atoms with E-state index in [-0.39, 0.29) is 0 Å². The zero-order chi connectivity index (χ0) is 13.8. The van der Waals surface area contributed by atoms with Crippen LogP contribution in [0.1, 0.15) is 35.1 Å². The number of likely N-dealkylation sites (tertiary alicyclic amines) is 1. The molecule has 0 spiro atoms. The highest BCUT2D eigenvalue weighted by atomic mass is 32.1. The zero-order valence-electron chi connectivity index (χ0n) is 12.5. The molecule has 3 nitrogen and oxygen atoms in total. The van der Waals surface area contributed by atoms with E-state index in [0.29, 0.717) is 6.54 Å². The van der Waals surface area contributed by atoms with Gasteiger partial charge in [0.1, 0.15) is 0 Å². The quantitative estimate of drug-likeness (QED) is 0.900. The highest BCUT2D eigenvalue weighted by Crippen LogP contribution is 2.24. The van der Waals surface area contributed by atoms with Gasteiger partial charge in [0, 0.05) is 28.9 Å². The lowest BCUT2D eigenvalue weighted by Gasteiger charge is -2.36. The summed E-state index contributed by atoms with van der Waals surface area (Å²) in [7, 11) is 2.27. The van der Waals surface area contributed by atoms with Gasteiger partial charge in [0.05, 0.1) is 0 Å². The number of nitrogens with two attached hydrogens (primary N) is 1. The first kappa shape index (κ1) is 15.0. The smallest absolute Gasteiger partial charge is 0.0274 e. The molecular formula is C15H27N3S. The Kier molecular flexibility index (Phi) is 5.39. The third-order valence-electron chi connectivity index (χ3n) is 4.32. The molecule has 19 heavy (non-hydrogen) atoms. The molecule has 0 aliphatic carbocycles. The second-order valence-electron chi connectivity index (χ2n) is 5.58. The second kappa shape index (κ2) is 6.84. The Morgan fingerprint density at radius 3 is 2.63 bits per heavy atom. The van der Waals surface area contributed by atoms with Crippen molar-refractivity contribution < 1.29 is 0 Å². The average molecular weight is 281 g/mol. The molecule has 1 fully saturated rings. The number of rotatable bonds is 5. The van der Waals surface area contributed by atoms with Gasteiger partial charge in [-0.05, 0) is 58.1 Å². The van der Waals surface area contributed by atoms with Crippen molar-refractivity contribution in [3.63, 3.8) is 0 Å². The number of hydrogen-bond donors (Lipinski definition) is 1. The highest BCUT2D eigenvalue weighted by Gasteiger charge is 2.22. The molecule has 1 aromatic rings. The van der Waals surface area contributed by atoms with Crippen molar-refractivity contribution in [3.05, 3.63) is 21.4 Å². The van der Waals surface area contributed by atoms with Crippen LogP contribution in [0.2, 0.25) is 0 Å². The first-order chi connectivity index (χ1) is 9.13. The lowest BCUT2D eigenvalue weighted by atomic mass is 10.0. The van der Waals surface area contributed by atoms with Crippen LogP contribution in [0.25, 0.3) is 0 Å². The molecule has 0 unspecified atom stereocenters. The Labute approximate surface area is 121 Å². The molecule has 0 atom stereocenters. The minimum absolute atomic E-state index is 0.671. The summed E-state index contributed by atoms with van der Waals surface area (Å²) in [6, 6.07) is 3.03. The summed E-state index contributed by atoms with van der Waals surface area (Å²) >= 11 is 1.85. The van der Waals surface area contributed by atoms with E-state index in [1.54, 1.807) is 0 Å². The molecule has 4 heteroatoms. The molecular weight excluding hydrogens is 254 g/mol. The summed E-state index contributed by atoms with van der Waals surface area (Å²) in [5.74, 6) is 0. The van der Waals surface area contributed by atoms with Crippen LogP contribution >= 0.6 is 11.3 Å². The largest absolute Gasteiger partial charge is 0.326 e. The first-order valence-corrected chi connectivity index (χ1v) is 8.16. The summed E-state index contributed by atoms with van der Waals surface area (Å²) in [4.78, 5) is 7.81. The van der Waals surface area contributed by atoms with E-state index < -0.39 is 0 Å². The van der Waals surface area contributed by atoms with Crippen LogP contribution in [0.4, 0.5) is 0 Å². The first-order valence-electron chi connectivity index (χ1n) is 7.34. The van der Waals surface area contributed by atoms with E-state index in [1.807, 2.05) is 11.3 Å². The molecule has 1 aliphatic heterocycles. The zero-order valence-corrected chi connectivity index (χ0v) is 13.3. The maximum atomic E-state index is 5.73. The Bertz CT molecular complexity index is 394. The Morgan fingerprint density at radius 1 is 1.42 bits per heavy atom. The van der Waals surface area contributed by atoms with E-state index in [4.69, 9.17) is 5.73 Å². The van der Waals surface area contributed by atoms with Crippen LogP contribution in [0.15, 0.2) is 6.07 Å². The van der Waals surface area contributed by atoms with Gasteiger partial charge in [-0.2, -0.15) is 0 Å². The van der Waals surface area contributed by atoms with Gasteiger partial charge in [-0.1, -0.05) is 6.92 Å². The predicted molar refractivity (Wildman–Crippen MR) is 83.6 cm³/mol. The van der Waals surface area contributed by atoms with Crippen LogP contribution in [-0.4, -0.2) is 42.5 Å². The Morgan fingerprint density at radius 2 is 2.11 bits per heavy atom.